The van der Waals surface area contributed by atoms with Crippen LogP contribution in [0.3, 0.4) is 0 Å². The van der Waals surface area contributed by atoms with Gasteiger partial charge in [-0.1, -0.05) is 55.3 Å². The number of halogens is 4. The van der Waals surface area contributed by atoms with Crippen molar-refractivity contribution in [3.63, 3.8) is 0 Å². The number of unbranched alkanes of at least 4 members (excludes halogenated alkanes) is 1. The second kappa shape index (κ2) is 12.0. The van der Waals surface area contributed by atoms with E-state index < -0.39 is 17.8 Å². The van der Waals surface area contributed by atoms with Crippen molar-refractivity contribution >= 4 is 17.6 Å². The second-order valence-corrected chi connectivity index (χ2v) is 10.7. The van der Waals surface area contributed by atoms with Crippen molar-refractivity contribution in [1.29, 1.82) is 0 Å². The fourth-order valence-electron chi connectivity index (χ4n) is 4.84. The SMILES string of the molecule is CCCCc1nc(Cl)c(C(=O)O)n1Cc1ccc(-c2cc(-c3cn(C(C)C)nc3C(F)(F)F)ccc2-c2nn[nH]n2)cc1. The molecular formula is C29H28ClF3N8O2. The van der Waals surface area contributed by atoms with E-state index in [-0.39, 0.29) is 34.8 Å². The molecule has 2 N–H and O–H groups in total. The molecule has 5 rings (SSSR count). The summed E-state index contributed by atoms with van der Waals surface area (Å²) in [4.78, 5) is 16.2. The molecule has 14 heteroatoms. The number of imidazole rings is 1. The van der Waals surface area contributed by atoms with Crippen LogP contribution in [0.25, 0.3) is 33.6 Å². The van der Waals surface area contributed by atoms with Crippen molar-refractivity contribution in [3.05, 3.63) is 76.6 Å². The van der Waals surface area contributed by atoms with Gasteiger partial charge in [0.05, 0.1) is 0 Å². The van der Waals surface area contributed by atoms with Gasteiger partial charge in [0.25, 0.3) is 0 Å². The molecule has 0 atom stereocenters. The van der Waals surface area contributed by atoms with Crippen LogP contribution in [0.4, 0.5) is 13.2 Å². The van der Waals surface area contributed by atoms with E-state index >= 15 is 0 Å². The Morgan fingerprint density at radius 3 is 2.40 bits per heavy atom. The number of nitrogens with one attached hydrogen (secondary N) is 1. The molecule has 3 heterocycles. The Bertz CT molecular complexity index is 1740. The Labute approximate surface area is 249 Å². The number of tetrazole rings is 1. The quantitative estimate of drug-likeness (QED) is 0.175. The first-order chi connectivity index (χ1) is 20.5. The lowest BCUT2D eigenvalue weighted by Crippen LogP contribution is -2.13. The molecule has 0 unspecified atom stereocenters. The van der Waals surface area contributed by atoms with E-state index in [1.54, 1.807) is 36.6 Å². The first-order valence-corrected chi connectivity index (χ1v) is 14.0. The number of aryl methyl sites for hydroxylation is 1. The van der Waals surface area contributed by atoms with Gasteiger partial charge in [0, 0.05) is 36.3 Å². The van der Waals surface area contributed by atoms with Crippen molar-refractivity contribution in [2.75, 3.05) is 0 Å². The van der Waals surface area contributed by atoms with Crippen molar-refractivity contribution in [3.8, 4) is 33.6 Å². The third-order valence-electron chi connectivity index (χ3n) is 7.01. The molecule has 0 aliphatic carbocycles. The Kier molecular flexibility index (Phi) is 8.36. The average Bonchev–Trinajstić information content (AvgIpc) is 3.71. The summed E-state index contributed by atoms with van der Waals surface area (Å²) in [5.41, 5.74) is 1.84. The number of nitrogens with zero attached hydrogens (tertiary/aromatic N) is 7. The topological polar surface area (TPSA) is 127 Å². The zero-order valence-electron chi connectivity index (χ0n) is 23.5. The number of H-pyrrole nitrogens is 1. The van der Waals surface area contributed by atoms with Crippen LogP contribution in [0, 0.1) is 0 Å². The molecule has 0 aliphatic rings. The standard InChI is InChI=1S/C29H28ClF3N8O2/c1-4-5-6-23-34-26(30)24(28(42)43)40(23)14-17-7-9-18(10-8-17)21-13-19(11-12-20(21)27-35-38-39-36-27)22-15-41(16(2)3)37-25(22)29(31,32)33/h7-13,15-16H,4-6,14H2,1-3H3,(H,42,43)(H,35,36,38,39). The number of hydrogen-bond donors (Lipinski definition) is 2. The molecule has 2 aromatic carbocycles. The first-order valence-electron chi connectivity index (χ1n) is 13.6. The first kappa shape index (κ1) is 30.0. The zero-order valence-corrected chi connectivity index (χ0v) is 24.3. The van der Waals surface area contributed by atoms with E-state index in [2.05, 4.69) is 30.7 Å². The van der Waals surface area contributed by atoms with Crippen LogP contribution >= 0.6 is 11.6 Å². The second-order valence-electron chi connectivity index (χ2n) is 10.3. The summed E-state index contributed by atoms with van der Waals surface area (Å²) in [7, 11) is 0. The molecule has 0 bridgehead atoms. The predicted molar refractivity (Wildman–Crippen MR) is 154 cm³/mol. The highest BCUT2D eigenvalue weighted by atomic mass is 35.5. The van der Waals surface area contributed by atoms with E-state index in [1.807, 2.05) is 31.2 Å². The van der Waals surface area contributed by atoms with Crippen molar-refractivity contribution in [1.82, 2.24) is 40.0 Å². The maximum absolute atomic E-state index is 14.0. The molecule has 10 nitrogen and oxygen atoms in total. The normalized spacial score (nSPS) is 11.9. The number of aromatic amines is 1. The van der Waals surface area contributed by atoms with Crippen LogP contribution in [0.15, 0.2) is 48.7 Å². The van der Waals surface area contributed by atoms with Crippen LogP contribution in [-0.4, -0.2) is 51.0 Å². The highest BCUT2D eigenvalue weighted by Crippen LogP contribution is 2.40. The molecule has 0 radical (unpaired) electrons. The molecule has 3 aromatic heterocycles. The van der Waals surface area contributed by atoms with E-state index in [0.717, 1.165) is 18.4 Å². The molecule has 0 aliphatic heterocycles. The van der Waals surface area contributed by atoms with E-state index in [0.29, 0.717) is 34.5 Å². The maximum atomic E-state index is 14.0. The summed E-state index contributed by atoms with van der Waals surface area (Å²) in [5, 5.41) is 27.7. The summed E-state index contributed by atoms with van der Waals surface area (Å²) in [6.45, 7) is 5.77. The van der Waals surface area contributed by atoms with Crippen LogP contribution < -0.4 is 0 Å². The monoisotopic (exact) mass is 612 g/mol. The summed E-state index contributed by atoms with van der Waals surface area (Å²) in [5.74, 6) is -0.306. The van der Waals surface area contributed by atoms with Crippen molar-refractivity contribution in [2.45, 2.75) is 58.8 Å². The third-order valence-corrected chi connectivity index (χ3v) is 7.28. The highest BCUT2D eigenvalue weighted by molar-refractivity contribution is 6.32. The number of aromatic carboxylic acids is 1. The predicted octanol–water partition coefficient (Wildman–Crippen LogP) is 6.94. The number of rotatable bonds is 10. The number of carboxylic acids is 1. The van der Waals surface area contributed by atoms with Crippen LogP contribution in [0.2, 0.25) is 5.15 Å². The van der Waals surface area contributed by atoms with Gasteiger partial charge in [0.2, 0.25) is 5.82 Å². The van der Waals surface area contributed by atoms with Gasteiger partial charge in [0.1, 0.15) is 5.82 Å². The Balaban J connectivity index is 1.57. The summed E-state index contributed by atoms with van der Waals surface area (Å²) in [6, 6.07) is 11.9. The fraction of sp³-hybridized carbons (Fsp3) is 0.310. The molecule has 0 fully saturated rings. The van der Waals surface area contributed by atoms with E-state index in [1.165, 1.54) is 10.9 Å². The molecule has 0 saturated carbocycles. The van der Waals surface area contributed by atoms with Crippen molar-refractivity contribution in [2.24, 2.45) is 0 Å². The maximum Gasteiger partial charge on any atom is 0.435 e. The third kappa shape index (κ3) is 6.17. The summed E-state index contributed by atoms with van der Waals surface area (Å²) in [6.07, 6.45) is -0.935. The largest absolute Gasteiger partial charge is 0.476 e. The lowest BCUT2D eigenvalue weighted by molar-refractivity contribution is -0.141. The Morgan fingerprint density at radius 1 is 1.07 bits per heavy atom. The fourth-order valence-corrected chi connectivity index (χ4v) is 5.12. The van der Waals surface area contributed by atoms with Gasteiger partial charge >= 0.3 is 12.1 Å². The molecule has 43 heavy (non-hydrogen) atoms. The van der Waals surface area contributed by atoms with Gasteiger partial charge in [-0.2, -0.15) is 23.5 Å². The lowest BCUT2D eigenvalue weighted by atomic mass is 9.93. The van der Waals surface area contributed by atoms with Gasteiger partial charge in [0.15, 0.2) is 16.5 Å². The molecule has 0 saturated heterocycles. The lowest BCUT2D eigenvalue weighted by Gasteiger charge is -2.13. The van der Waals surface area contributed by atoms with Crippen LogP contribution in [0.1, 0.15) is 67.2 Å². The number of carbonyl (C=O) groups is 1. The number of carboxylic acid groups (broad SMARTS) is 1. The smallest absolute Gasteiger partial charge is 0.435 e. The average molecular weight is 613 g/mol. The minimum atomic E-state index is -4.65. The van der Waals surface area contributed by atoms with Crippen LogP contribution in [-0.2, 0) is 19.1 Å². The number of aromatic nitrogens is 8. The summed E-state index contributed by atoms with van der Waals surface area (Å²) < 4.78 is 44.8. The van der Waals surface area contributed by atoms with Gasteiger partial charge in [-0.3, -0.25) is 4.68 Å². The van der Waals surface area contributed by atoms with Gasteiger partial charge in [-0.25, -0.2) is 9.78 Å². The van der Waals surface area contributed by atoms with Crippen molar-refractivity contribution < 1.29 is 23.1 Å². The molecule has 0 amide bonds. The number of alkyl halides is 3. The number of hydrogen-bond acceptors (Lipinski definition) is 6. The number of benzene rings is 2. The van der Waals surface area contributed by atoms with E-state index in [9.17, 15) is 23.1 Å². The van der Waals surface area contributed by atoms with Gasteiger partial charge < -0.3 is 9.67 Å². The van der Waals surface area contributed by atoms with Gasteiger partial charge in [-0.15, -0.1) is 10.2 Å². The summed E-state index contributed by atoms with van der Waals surface area (Å²) >= 11 is 6.18. The highest BCUT2D eigenvalue weighted by Gasteiger charge is 2.38. The zero-order chi connectivity index (χ0) is 30.9. The Hall–Kier alpha value is -4.52. The minimum absolute atomic E-state index is 0.0449. The molecule has 0 spiro atoms. The van der Waals surface area contributed by atoms with Gasteiger partial charge in [-0.05, 0) is 59.9 Å². The van der Waals surface area contributed by atoms with Crippen LogP contribution in [0.5, 0.6) is 0 Å². The molecule has 224 valence electrons. The molecule has 5 aromatic rings. The minimum Gasteiger partial charge on any atom is -0.476 e. The van der Waals surface area contributed by atoms with E-state index in [4.69, 9.17) is 11.6 Å². The Morgan fingerprint density at radius 2 is 1.79 bits per heavy atom. The molecular weight excluding hydrogens is 585 g/mol.